The zero-order valence-corrected chi connectivity index (χ0v) is 10.0. The molecule has 0 radical (unpaired) electrons. The zero-order chi connectivity index (χ0) is 12.7. The van der Waals surface area contributed by atoms with E-state index in [2.05, 4.69) is 20.4 Å². The number of nitrogens with zero attached hydrogens (tertiary/aromatic N) is 3. The minimum atomic E-state index is 0.666. The molecule has 0 saturated heterocycles. The monoisotopic (exact) mass is 249 g/mol. The summed E-state index contributed by atoms with van der Waals surface area (Å²) in [5.74, 6) is 1.35. The Labute approximate surface area is 108 Å². The molecule has 4 aromatic rings. The van der Waals surface area contributed by atoms with Gasteiger partial charge in [0.15, 0.2) is 0 Å². The highest BCUT2D eigenvalue weighted by atomic mass is 15.4. The van der Waals surface area contributed by atoms with E-state index in [1.807, 2.05) is 59.1 Å². The van der Waals surface area contributed by atoms with E-state index in [4.69, 9.17) is 0 Å². The molecule has 19 heavy (non-hydrogen) atoms. The maximum atomic E-state index is 4.46. The average molecular weight is 249 g/mol. The van der Waals surface area contributed by atoms with Gasteiger partial charge in [-0.15, -0.1) is 0 Å². The second kappa shape index (κ2) is 3.84. The summed E-state index contributed by atoms with van der Waals surface area (Å²) in [6.07, 6.45) is 0. The maximum absolute atomic E-state index is 4.46. The molecule has 2 heterocycles. The molecule has 5 heteroatoms. The van der Waals surface area contributed by atoms with E-state index >= 15 is 0 Å². The van der Waals surface area contributed by atoms with E-state index in [9.17, 15) is 0 Å². The quantitative estimate of drug-likeness (QED) is 0.574. The molecule has 2 aromatic heterocycles. The van der Waals surface area contributed by atoms with Crippen molar-refractivity contribution < 1.29 is 0 Å². The van der Waals surface area contributed by atoms with Gasteiger partial charge in [-0.05, 0) is 24.3 Å². The Bertz CT molecular complexity index is 844. The van der Waals surface area contributed by atoms with Gasteiger partial charge in [0.2, 0.25) is 5.95 Å². The van der Waals surface area contributed by atoms with Gasteiger partial charge in [0.05, 0.1) is 11.0 Å². The van der Waals surface area contributed by atoms with Gasteiger partial charge in [-0.3, -0.25) is 5.10 Å². The van der Waals surface area contributed by atoms with E-state index in [1.165, 1.54) is 0 Å². The van der Waals surface area contributed by atoms with Gasteiger partial charge in [0.25, 0.3) is 5.78 Å². The fourth-order valence-corrected chi connectivity index (χ4v) is 2.14. The van der Waals surface area contributed by atoms with Gasteiger partial charge in [0.1, 0.15) is 0 Å². The first-order chi connectivity index (χ1) is 9.40. The number of benzene rings is 2. The summed E-state index contributed by atoms with van der Waals surface area (Å²) in [6.45, 7) is 0. The summed E-state index contributed by atoms with van der Waals surface area (Å²) in [6, 6.07) is 17.9. The zero-order valence-electron chi connectivity index (χ0n) is 10.0. The highest BCUT2D eigenvalue weighted by molar-refractivity contribution is 5.79. The van der Waals surface area contributed by atoms with Gasteiger partial charge < -0.3 is 5.32 Å². The first-order valence-electron chi connectivity index (χ1n) is 6.05. The van der Waals surface area contributed by atoms with Crippen molar-refractivity contribution in [1.82, 2.24) is 19.6 Å². The predicted octanol–water partition coefficient (Wildman–Crippen LogP) is 2.95. The summed E-state index contributed by atoms with van der Waals surface area (Å²) < 4.78 is 1.88. The molecular weight excluding hydrogens is 238 g/mol. The number of aromatic amines is 1. The summed E-state index contributed by atoms with van der Waals surface area (Å²) in [4.78, 5) is 8.89. The fraction of sp³-hybridized carbons (Fsp3) is 0. The molecule has 0 bridgehead atoms. The van der Waals surface area contributed by atoms with Crippen LogP contribution in [0.5, 0.6) is 0 Å². The SMILES string of the molecule is c1ccc(Nc2nc3nc4ccccc4n3[nH]2)cc1. The number of hydrogen-bond acceptors (Lipinski definition) is 3. The molecule has 0 spiro atoms. The summed E-state index contributed by atoms with van der Waals surface area (Å²) in [5.41, 5.74) is 2.95. The van der Waals surface area contributed by atoms with E-state index in [-0.39, 0.29) is 0 Å². The Morgan fingerprint density at radius 3 is 2.58 bits per heavy atom. The second-order valence-corrected chi connectivity index (χ2v) is 4.30. The minimum absolute atomic E-state index is 0.666. The number of fused-ring (bicyclic) bond motifs is 3. The molecule has 2 aromatic carbocycles. The van der Waals surface area contributed by atoms with Crippen molar-refractivity contribution in [3.8, 4) is 0 Å². The normalized spacial score (nSPS) is 11.2. The first-order valence-corrected chi connectivity index (χ1v) is 6.05. The third kappa shape index (κ3) is 1.63. The largest absolute Gasteiger partial charge is 0.325 e. The third-order valence-corrected chi connectivity index (χ3v) is 3.01. The number of aromatic nitrogens is 4. The molecule has 0 amide bonds. The van der Waals surface area contributed by atoms with E-state index in [0.29, 0.717) is 11.7 Å². The summed E-state index contributed by atoms with van der Waals surface area (Å²) >= 11 is 0. The molecule has 0 aliphatic heterocycles. The summed E-state index contributed by atoms with van der Waals surface area (Å²) in [5, 5.41) is 6.42. The standard InChI is InChI=1S/C14H11N5/c1-2-6-10(7-3-1)15-13-17-14-16-11-8-4-5-9-12(11)19(14)18-13/h1-9H,(H2,15,16,17,18). The smallest absolute Gasteiger partial charge is 0.253 e. The molecule has 4 rings (SSSR count). The fourth-order valence-electron chi connectivity index (χ4n) is 2.14. The Kier molecular flexibility index (Phi) is 2.05. The lowest BCUT2D eigenvalue weighted by Crippen LogP contribution is -1.92. The number of nitrogens with one attached hydrogen (secondary N) is 2. The van der Waals surface area contributed by atoms with Crippen LogP contribution >= 0.6 is 0 Å². The van der Waals surface area contributed by atoms with Crippen molar-refractivity contribution in [2.45, 2.75) is 0 Å². The second-order valence-electron chi connectivity index (χ2n) is 4.30. The Morgan fingerprint density at radius 2 is 1.68 bits per heavy atom. The molecule has 92 valence electrons. The molecule has 2 N–H and O–H groups in total. The Morgan fingerprint density at radius 1 is 0.895 bits per heavy atom. The van der Waals surface area contributed by atoms with Gasteiger partial charge >= 0.3 is 0 Å². The average Bonchev–Trinajstić information content (AvgIpc) is 2.97. The lowest BCUT2D eigenvalue weighted by atomic mass is 10.3. The van der Waals surface area contributed by atoms with Gasteiger partial charge in [-0.1, -0.05) is 30.3 Å². The first kappa shape index (κ1) is 10.1. The third-order valence-electron chi connectivity index (χ3n) is 3.01. The van der Waals surface area contributed by atoms with Crippen LogP contribution in [0.3, 0.4) is 0 Å². The van der Waals surface area contributed by atoms with Crippen molar-refractivity contribution in [3.63, 3.8) is 0 Å². The lowest BCUT2D eigenvalue weighted by molar-refractivity contribution is 1.01. The summed E-state index contributed by atoms with van der Waals surface area (Å²) in [7, 11) is 0. The molecule has 0 aliphatic carbocycles. The number of anilines is 2. The molecule has 0 aliphatic rings. The van der Waals surface area contributed by atoms with E-state index < -0.39 is 0 Å². The van der Waals surface area contributed by atoms with E-state index in [0.717, 1.165) is 16.7 Å². The molecule has 0 saturated carbocycles. The molecule has 0 fully saturated rings. The number of hydrogen-bond donors (Lipinski definition) is 2. The van der Waals surface area contributed by atoms with Crippen LogP contribution in [0, 0.1) is 0 Å². The van der Waals surface area contributed by atoms with Crippen LogP contribution in [0.4, 0.5) is 11.6 Å². The van der Waals surface area contributed by atoms with Crippen LogP contribution in [0.25, 0.3) is 16.8 Å². The van der Waals surface area contributed by atoms with Gasteiger partial charge in [0, 0.05) is 5.69 Å². The van der Waals surface area contributed by atoms with Crippen molar-refractivity contribution in [3.05, 3.63) is 54.6 Å². The molecule has 5 nitrogen and oxygen atoms in total. The maximum Gasteiger partial charge on any atom is 0.253 e. The topological polar surface area (TPSA) is 58.0 Å². The molecule has 0 atom stereocenters. The number of H-pyrrole nitrogens is 1. The number of rotatable bonds is 2. The van der Waals surface area contributed by atoms with Crippen LogP contribution in [-0.2, 0) is 0 Å². The van der Waals surface area contributed by atoms with Crippen molar-refractivity contribution >= 4 is 28.4 Å². The number of para-hydroxylation sites is 3. The Hall–Kier alpha value is -2.82. The predicted molar refractivity (Wildman–Crippen MR) is 74.6 cm³/mol. The van der Waals surface area contributed by atoms with Crippen molar-refractivity contribution in [1.29, 1.82) is 0 Å². The van der Waals surface area contributed by atoms with Crippen molar-refractivity contribution in [2.24, 2.45) is 0 Å². The van der Waals surface area contributed by atoms with Crippen LogP contribution in [0.15, 0.2) is 54.6 Å². The molecular formula is C14H11N5. The van der Waals surface area contributed by atoms with Crippen LogP contribution in [0.2, 0.25) is 0 Å². The number of imidazole rings is 1. The minimum Gasteiger partial charge on any atom is -0.325 e. The van der Waals surface area contributed by atoms with Gasteiger partial charge in [-0.2, -0.15) is 4.98 Å². The van der Waals surface area contributed by atoms with Crippen LogP contribution in [0.1, 0.15) is 0 Å². The van der Waals surface area contributed by atoms with E-state index in [1.54, 1.807) is 0 Å². The van der Waals surface area contributed by atoms with Crippen molar-refractivity contribution in [2.75, 3.05) is 5.32 Å². The Balaban J connectivity index is 1.80. The highest BCUT2D eigenvalue weighted by Gasteiger charge is 2.08. The highest BCUT2D eigenvalue weighted by Crippen LogP contribution is 2.18. The van der Waals surface area contributed by atoms with Crippen LogP contribution in [-0.4, -0.2) is 19.6 Å². The van der Waals surface area contributed by atoms with Gasteiger partial charge in [-0.25, -0.2) is 9.50 Å². The van der Waals surface area contributed by atoms with Crippen LogP contribution < -0.4 is 5.32 Å². The lowest BCUT2D eigenvalue weighted by Gasteiger charge is -2.00. The molecule has 0 unspecified atom stereocenters.